The first-order chi connectivity index (χ1) is 9.08. The van der Waals surface area contributed by atoms with Crippen molar-refractivity contribution in [3.63, 3.8) is 0 Å². The van der Waals surface area contributed by atoms with Gasteiger partial charge in [-0.3, -0.25) is 0 Å². The molecule has 7 heteroatoms. The number of amides is 2. The minimum Gasteiger partial charge on any atom is -0.480 e. The Bertz CT molecular complexity index is 308. The van der Waals surface area contributed by atoms with Gasteiger partial charge < -0.3 is 25.2 Å². The highest BCUT2D eigenvalue weighted by Crippen LogP contribution is 2.16. The molecule has 1 aliphatic rings. The van der Waals surface area contributed by atoms with Gasteiger partial charge in [-0.25, -0.2) is 9.59 Å². The summed E-state index contributed by atoms with van der Waals surface area (Å²) in [6.07, 6.45) is 1.91. The van der Waals surface area contributed by atoms with Crippen LogP contribution in [0.15, 0.2) is 0 Å². The van der Waals surface area contributed by atoms with Crippen molar-refractivity contribution in [3.05, 3.63) is 0 Å². The zero-order valence-corrected chi connectivity index (χ0v) is 11.2. The summed E-state index contributed by atoms with van der Waals surface area (Å²) in [5, 5.41) is 20.1. The fourth-order valence-corrected chi connectivity index (χ4v) is 2.25. The summed E-state index contributed by atoms with van der Waals surface area (Å²) < 4.78 is 5.08. The number of nitrogens with one attached hydrogen (secondary N) is 1. The Morgan fingerprint density at radius 2 is 2.26 bits per heavy atom. The van der Waals surface area contributed by atoms with Crippen LogP contribution < -0.4 is 5.32 Å². The Kier molecular flexibility index (Phi) is 6.58. The Labute approximate surface area is 112 Å². The molecule has 0 radical (unpaired) electrons. The fraction of sp³-hybridized carbons (Fsp3) is 0.833. The molecule has 0 spiro atoms. The number of hydrogen-bond donors (Lipinski definition) is 3. The summed E-state index contributed by atoms with van der Waals surface area (Å²) in [5.74, 6) is -0.835. The standard InChI is InChI=1S/C12H22N2O5/c1-19-8-9-3-2-5-14(7-9)12(18)13-10(4-6-15)11(16)17/h9-10,15H,2-8H2,1H3,(H,13,18)(H,16,17)/t9?,10-/m1/s1. The largest absolute Gasteiger partial charge is 0.480 e. The number of hydrogen-bond acceptors (Lipinski definition) is 4. The molecule has 1 heterocycles. The van der Waals surface area contributed by atoms with E-state index in [1.165, 1.54) is 0 Å². The van der Waals surface area contributed by atoms with Crippen molar-refractivity contribution in [2.75, 3.05) is 33.4 Å². The normalized spacial score (nSPS) is 20.9. The van der Waals surface area contributed by atoms with Gasteiger partial charge in [-0.1, -0.05) is 0 Å². The maximum Gasteiger partial charge on any atom is 0.326 e. The molecule has 110 valence electrons. The van der Waals surface area contributed by atoms with Crippen LogP contribution in [0.4, 0.5) is 4.79 Å². The van der Waals surface area contributed by atoms with E-state index in [4.69, 9.17) is 14.9 Å². The van der Waals surface area contributed by atoms with E-state index in [9.17, 15) is 9.59 Å². The summed E-state index contributed by atoms with van der Waals surface area (Å²) in [6.45, 7) is 1.52. The third-order valence-electron chi connectivity index (χ3n) is 3.22. The molecule has 0 aliphatic carbocycles. The number of ether oxygens (including phenoxy) is 1. The maximum absolute atomic E-state index is 12.0. The van der Waals surface area contributed by atoms with Crippen LogP contribution in [0.3, 0.4) is 0 Å². The summed E-state index contributed by atoms with van der Waals surface area (Å²) >= 11 is 0. The summed E-state index contributed by atoms with van der Waals surface area (Å²) in [7, 11) is 1.63. The number of aliphatic hydroxyl groups is 1. The lowest BCUT2D eigenvalue weighted by atomic mass is 9.99. The van der Waals surface area contributed by atoms with Gasteiger partial charge >= 0.3 is 12.0 Å². The van der Waals surface area contributed by atoms with E-state index >= 15 is 0 Å². The van der Waals surface area contributed by atoms with E-state index in [0.29, 0.717) is 25.6 Å². The highest BCUT2D eigenvalue weighted by atomic mass is 16.5. The molecule has 0 aromatic rings. The SMILES string of the molecule is COCC1CCCN(C(=O)N[C@H](CCO)C(=O)O)C1. The monoisotopic (exact) mass is 274 g/mol. The number of aliphatic carboxylic acids is 1. The summed E-state index contributed by atoms with van der Waals surface area (Å²) in [4.78, 5) is 24.5. The maximum atomic E-state index is 12.0. The molecule has 2 amide bonds. The van der Waals surface area contributed by atoms with Gasteiger partial charge in [0.25, 0.3) is 0 Å². The van der Waals surface area contributed by atoms with Crippen molar-refractivity contribution in [2.45, 2.75) is 25.3 Å². The van der Waals surface area contributed by atoms with Gasteiger partial charge in [0.05, 0.1) is 6.61 Å². The Hall–Kier alpha value is -1.34. The van der Waals surface area contributed by atoms with Gasteiger partial charge in [0.15, 0.2) is 0 Å². The molecule has 7 nitrogen and oxygen atoms in total. The molecule has 1 rings (SSSR count). The number of carboxylic acids is 1. The second kappa shape index (κ2) is 7.96. The predicted octanol–water partition coefficient (Wildman–Crippen LogP) is -0.110. The van der Waals surface area contributed by atoms with Crippen molar-refractivity contribution in [1.82, 2.24) is 10.2 Å². The smallest absolute Gasteiger partial charge is 0.326 e. The lowest BCUT2D eigenvalue weighted by molar-refractivity contribution is -0.139. The van der Waals surface area contributed by atoms with Crippen molar-refractivity contribution in [1.29, 1.82) is 0 Å². The highest BCUT2D eigenvalue weighted by molar-refractivity contribution is 5.82. The molecule has 3 N–H and O–H groups in total. The topological polar surface area (TPSA) is 99.1 Å². The lowest BCUT2D eigenvalue weighted by Gasteiger charge is -2.33. The molecule has 1 saturated heterocycles. The zero-order valence-electron chi connectivity index (χ0n) is 11.2. The Balaban J connectivity index is 2.49. The first kappa shape index (κ1) is 15.7. The van der Waals surface area contributed by atoms with Crippen LogP contribution in [0, 0.1) is 5.92 Å². The van der Waals surface area contributed by atoms with Crippen LogP contribution >= 0.6 is 0 Å². The number of carbonyl (C=O) groups is 2. The third-order valence-corrected chi connectivity index (χ3v) is 3.22. The number of likely N-dealkylation sites (tertiary alicyclic amines) is 1. The number of piperidine rings is 1. The number of aliphatic hydroxyl groups excluding tert-OH is 1. The first-order valence-electron chi connectivity index (χ1n) is 6.46. The van der Waals surface area contributed by atoms with Gasteiger partial charge in [0.2, 0.25) is 0 Å². The van der Waals surface area contributed by atoms with E-state index in [-0.39, 0.29) is 19.1 Å². The third kappa shape index (κ3) is 5.04. The van der Waals surface area contributed by atoms with E-state index in [0.717, 1.165) is 12.8 Å². The molecule has 1 unspecified atom stereocenters. The molecule has 19 heavy (non-hydrogen) atoms. The number of methoxy groups -OCH3 is 1. The quantitative estimate of drug-likeness (QED) is 0.627. The number of carboxylic acid groups (broad SMARTS) is 1. The second-order valence-corrected chi connectivity index (χ2v) is 4.76. The first-order valence-corrected chi connectivity index (χ1v) is 6.46. The van der Waals surface area contributed by atoms with Crippen LogP contribution in [0.5, 0.6) is 0 Å². The predicted molar refractivity (Wildman–Crippen MR) is 67.8 cm³/mol. The molecule has 1 aliphatic heterocycles. The average molecular weight is 274 g/mol. The Morgan fingerprint density at radius 1 is 1.53 bits per heavy atom. The minimum absolute atomic E-state index is 0.0103. The number of rotatable bonds is 6. The molecular formula is C12H22N2O5. The second-order valence-electron chi connectivity index (χ2n) is 4.76. The van der Waals surface area contributed by atoms with Crippen LogP contribution in [0.2, 0.25) is 0 Å². The van der Waals surface area contributed by atoms with E-state index in [1.54, 1.807) is 12.0 Å². The molecule has 0 saturated carbocycles. The number of carbonyl (C=O) groups excluding carboxylic acids is 1. The molecule has 0 aromatic carbocycles. The van der Waals surface area contributed by atoms with Crippen molar-refractivity contribution >= 4 is 12.0 Å². The van der Waals surface area contributed by atoms with Crippen molar-refractivity contribution < 1.29 is 24.5 Å². The molecule has 1 fully saturated rings. The van der Waals surface area contributed by atoms with Gasteiger partial charge in [-0.15, -0.1) is 0 Å². The summed E-state index contributed by atoms with van der Waals surface area (Å²) in [6, 6.07) is -1.43. The van der Waals surface area contributed by atoms with Crippen molar-refractivity contribution in [3.8, 4) is 0 Å². The van der Waals surface area contributed by atoms with Gasteiger partial charge in [0, 0.05) is 39.1 Å². The fourth-order valence-electron chi connectivity index (χ4n) is 2.25. The van der Waals surface area contributed by atoms with Crippen molar-refractivity contribution in [2.24, 2.45) is 5.92 Å². The van der Waals surface area contributed by atoms with E-state index in [2.05, 4.69) is 5.32 Å². The van der Waals surface area contributed by atoms with E-state index in [1.807, 2.05) is 0 Å². The molecule has 0 bridgehead atoms. The van der Waals surface area contributed by atoms with Gasteiger partial charge in [-0.2, -0.15) is 0 Å². The van der Waals surface area contributed by atoms with E-state index < -0.39 is 12.0 Å². The molecular weight excluding hydrogens is 252 g/mol. The number of urea groups is 1. The van der Waals surface area contributed by atoms with Crippen LogP contribution in [0.1, 0.15) is 19.3 Å². The zero-order chi connectivity index (χ0) is 14.3. The van der Waals surface area contributed by atoms with Crippen LogP contribution in [-0.2, 0) is 9.53 Å². The van der Waals surface area contributed by atoms with Gasteiger partial charge in [-0.05, 0) is 12.8 Å². The average Bonchev–Trinajstić information content (AvgIpc) is 2.38. The molecule has 0 aromatic heterocycles. The highest BCUT2D eigenvalue weighted by Gasteiger charge is 2.27. The minimum atomic E-state index is -1.13. The lowest BCUT2D eigenvalue weighted by Crippen LogP contribution is -2.51. The Morgan fingerprint density at radius 3 is 2.84 bits per heavy atom. The van der Waals surface area contributed by atoms with Gasteiger partial charge in [0.1, 0.15) is 6.04 Å². The van der Waals surface area contributed by atoms with Crippen LogP contribution in [0.25, 0.3) is 0 Å². The molecule has 2 atom stereocenters. The summed E-state index contributed by atoms with van der Waals surface area (Å²) in [5.41, 5.74) is 0. The number of nitrogens with zero attached hydrogens (tertiary/aromatic N) is 1. The van der Waals surface area contributed by atoms with Crippen LogP contribution in [-0.4, -0.2) is 66.6 Å².